The molecule has 0 radical (unpaired) electrons. The van der Waals surface area contributed by atoms with Crippen molar-refractivity contribution in [2.75, 3.05) is 11.4 Å². The van der Waals surface area contributed by atoms with Gasteiger partial charge in [0.2, 0.25) is 5.52 Å². The minimum Gasteiger partial charge on any atom is -0.335 e. The van der Waals surface area contributed by atoms with Gasteiger partial charge in [-0.25, -0.2) is 0 Å². The van der Waals surface area contributed by atoms with E-state index in [2.05, 4.69) is 126 Å². The summed E-state index contributed by atoms with van der Waals surface area (Å²) in [5, 5.41) is 2.62. The van der Waals surface area contributed by atoms with Gasteiger partial charge in [0.1, 0.15) is 11.2 Å². The molecule has 0 saturated heterocycles. The van der Waals surface area contributed by atoms with Crippen LogP contribution in [0.2, 0.25) is 0 Å². The van der Waals surface area contributed by atoms with Crippen LogP contribution in [0, 0.1) is 0 Å². The number of thiazole rings is 1. The third-order valence-electron chi connectivity index (χ3n) is 7.36. The van der Waals surface area contributed by atoms with Gasteiger partial charge < -0.3 is 4.90 Å². The smallest absolute Gasteiger partial charge is 0.262 e. The molecule has 0 amide bonds. The van der Waals surface area contributed by atoms with Crippen LogP contribution in [-0.2, 0) is 6.54 Å². The molecular weight excluding hydrogens is 501 g/mol. The molecule has 0 N–H and O–H groups in total. The van der Waals surface area contributed by atoms with Gasteiger partial charge in [-0.05, 0) is 79.7 Å². The molecule has 4 heteroatoms. The van der Waals surface area contributed by atoms with Crippen LogP contribution in [-0.4, -0.2) is 6.54 Å². The van der Waals surface area contributed by atoms with Crippen molar-refractivity contribution in [1.82, 2.24) is 0 Å². The average molecular weight is 534 g/mol. The van der Waals surface area contributed by atoms with E-state index in [1.54, 1.807) is 0 Å². The van der Waals surface area contributed by atoms with Gasteiger partial charge in [-0.15, -0.1) is 0 Å². The number of hydrogen-bond acceptors (Lipinski definition) is 3. The first-order valence-corrected chi connectivity index (χ1v) is 15.2. The Labute approximate surface area is 234 Å². The lowest BCUT2D eigenvalue weighted by Crippen LogP contribution is -2.33. The monoisotopic (exact) mass is 533 g/mol. The van der Waals surface area contributed by atoms with Crippen molar-refractivity contribution in [2.24, 2.45) is 0 Å². The number of rotatable bonds is 6. The van der Waals surface area contributed by atoms with Crippen LogP contribution in [0.1, 0.15) is 43.7 Å². The number of hydrogen-bond donors (Lipinski definition) is 0. The number of allylic oxidation sites excluding steroid dienone is 6. The zero-order chi connectivity index (χ0) is 25.9. The fraction of sp³-hybridized carbons (Fsp3) is 0.206. The lowest BCUT2D eigenvalue weighted by atomic mass is 9.83. The van der Waals surface area contributed by atoms with Crippen LogP contribution in [0.15, 0.2) is 118 Å². The number of aryl methyl sites for hydroxylation is 1. The van der Waals surface area contributed by atoms with E-state index in [9.17, 15) is 0 Å². The maximum Gasteiger partial charge on any atom is 0.262 e. The highest BCUT2D eigenvalue weighted by molar-refractivity contribution is 8.03. The van der Waals surface area contributed by atoms with Gasteiger partial charge in [-0.3, -0.25) is 0 Å². The summed E-state index contributed by atoms with van der Waals surface area (Å²) in [7, 11) is 0. The largest absolute Gasteiger partial charge is 0.335 e. The molecule has 4 aromatic rings. The van der Waals surface area contributed by atoms with Crippen molar-refractivity contribution in [3.8, 4) is 0 Å². The van der Waals surface area contributed by atoms with Gasteiger partial charge in [-0.2, -0.15) is 4.57 Å². The highest BCUT2D eigenvalue weighted by Crippen LogP contribution is 2.46. The summed E-state index contributed by atoms with van der Waals surface area (Å²) in [5.74, 6) is 0. The van der Waals surface area contributed by atoms with E-state index in [4.69, 9.17) is 0 Å². The summed E-state index contributed by atoms with van der Waals surface area (Å²) in [6.45, 7) is 6.42. The van der Waals surface area contributed by atoms with E-state index in [1.807, 2.05) is 23.1 Å². The summed E-state index contributed by atoms with van der Waals surface area (Å²) >= 11 is 3.76. The molecule has 1 aromatic heterocycles. The lowest BCUT2D eigenvalue weighted by molar-refractivity contribution is -0.665. The predicted molar refractivity (Wildman–Crippen MR) is 165 cm³/mol. The molecule has 0 bridgehead atoms. The van der Waals surface area contributed by atoms with Crippen LogP contribution in [0.25, 0.3) is 21.9 Å². The molecule has 1 aliphatic carbocycles. The number of fused-ring (bicyclic) bond motifs is 2. The summed E-state index contributed by atoms with van der Waals surface area (Å²) < 4.78 is 3.77. The zero-order valence-electron chi connectivity index (χ0n) is 22.1. The molecule has 0 unspecified atom stereocenters. The molecule has 0 spiro atoms. The molecule has 1 aliphatic heterocycles. The van der Waals surface area contributed by atoms with Crippen molar-refractivity contribution >= 4 is 50.7 Å². The summed E-state index contributed by atoms with van der Waals surface area (Å²) in [6.07, 6.45) is 12.8. The molecule has 0 fully saturated rings. The summed E-state index contributed by atoms with van der Waals surface area (Å²) in [6, 6.07) is 28.4. The van der Waals surface area contributed by atoms with E-state index in [-0.39, 0.29) is 0 Å². The minimum absolute atomic E-state index is 0.973. The van der Waals surface area contributed by atoms with E-state index < -0.39 is 0 Å². The molecule has 190 valence electrons. The minimum atomic E-state index is 0.973. The molecule has 0 saturated carbocycles. The molecule has 6 rings (SSSR count). The van der Waals surface area contributed by atoms with Crippen LogP contribution in [0.4, 0.5) is 5.69 Å². The Bertz CT molecular complexity index is 1590. The Morgan fingerprint density at radius 3 is 2.47 bits per heavy atom. The summed E-state index contributed by atoms with van der Waals surface area (Å²) in [4.78, 5) is 3.77. The van der Waals surface area contributed by atoms with E-state index in [0.29, 0.717) is 0 Å². The molecular formula is C34H33N2S2+. The van der Waals surface area contributed by atoms with Crippen molar-refractivity contribution in [1.29, 1.82) is 0 Å². The molecule has 38 heavy (non-hydrogen) atoms. The highest BCUT2D eigenvalue weighted by atomic mass is 32.2. The van der Waals surface area contributed by atoms with Crippen LogP contribution in [0.5, 0.6) is 0 Å². The Morgan fingerprint density at radius 1 is 0.842 bits per heavy atom. The average Bonchev–Trinajstić information content (AvgIpc) is 3.52. The first-order chi connectivity index (χ1) is 18.8. The van der Waals surface area contributed by atoms with Crippen LogP contribution in [0.3, 0.4) is 0 Å². The van der Waals surface area contributed by atoms with Gasteiger partial charge in [0.05, 0.1) is 10.7 Å². The van der Waals surface area contributed by atoms with Crippen LogP contribution >= 0.6 is 23.1 Å². The van der Waals surface area contributed by atoms with Crippen molar-refractivity contribution in [3.05, 3.63) is 124 Å². The van der Waals surface area contributed by atoms with Gasteiger partial charge in [0.15, 0.2) is 0 Å². The fourth-order valence-electron chi connectivity index (χ4n) is 5.58. The third kappa shape index (κ3) is 4.79. The second kappa shape index (κ2) is 11.2. The number of para-hydroxylation sites is 2. The highest BCUT2D eigenvalue weighted by Gasteiger charge is 2.24. The van der Waals surface area contributed by atoms with E-state index in [1.165, 1.54) is 59.5 Å². The molecule has 2 nitrogen and oxygen atoms in total. The SMILES string of the molecule is CCN1/C(=C/C=C2\CCCC(/C=C/c3sc4ccccc4[n+]3CC)=C2c2ccccc2)Sc2ccccc21. The first-order valence-electron chi connectivity index (χ1n) is 13.6. The Kier molecular flexibility index (Phi) is 7.35. The fourth-order valence-corrected chi connectivity index (χ4v) is 7.84. The number of nitrogens with zero attached hydrogens (tertiary/aromatic N) is 2. The molecule has 3 aromatic carbocycles. The predicted octanol–water partition coefficient (Wildman–Crippen LogP) is 9.26. The van der Waals surface area contributed by atoms with Gasteiger partial charge in [0.25, 0.3) is 5.01 Å². The summed E-state index contributed by atoms with van der Waals surface area (Å²) in [5.41, 5.74) is 8.22. The Hall–Kier alpha value is -3.34. The third-order valence-corrected chi connectivity index (χ3v) is 9.62. The van der Waals surface area contributed by atoms with Crippen molar-refractivity contribution < 1.29 is 4.57 Å². The zero-order valence-corrected chi connectivity index (χ0v) is 23.7. The second-order valence-electron chi connectivity index (χ2n) is 9.62. The normalized spacial score (nSPS) is 17.9. The number of benzene rings is 3. The van der Waals surface area contributed by atoms with Crippen molar-refractivity contribution in [2.45, 2.75) is 44.6 Å². The quantitative estimate of drug-likeness (QED) is 0.228. The maximum absolute atomic E-state index is 2.43. The second-order valence-corrected chi connectivity index (χ2v) is 11.7. The molecule has 2 aliphatic rings. The van der Waals surface area contributed by atoms with Gasteiger partial charge in [0, 0.05) is 23.6 Å². The topological polar surface area (TPSA) is 7.12 Å². The van der Waals surface area contributed by atoms with Gasteiger partial charge in [-0.1, -0.05) is 89.8 Å². The number of anilines is 1. The standard InChI is InChI=1S/C34H33N2S2/c1-3-35-28-17-8-10-19-30(28)37-32(35)23-21-26-15-12-16-27(34(26)25-13-6-5-7-14-25)22-24-33-36(4-2)29-18-9-11-20-31(29)38-33/h5-11,13-14,17-24H,3-4,12,15-16H2,1-2H3/q+1. The lowest BCUT2D eigenvalue weighted by Gasteiger charge is -2.22. The van der Waals surface area contributed by atoms with Crippen molar-refractivity contribution in [3.63, 3.8) is 0 Å². The molecule has 0 atom stereocenters. The van der Waals surface area contributed by atoms with E-state index in [0.717, 1.165) is 25.9 Å². The van der Waals surface area contributed by atoms with E-state index >= 15 is 0 Å². The maximum atomic E-state index is 2.43. The number of aromatic nitrogens is 1. The number of thioether (sulfide) groups is 1. The Morgan fingerprint density at radius 2 is 1.63 bits per heavy atom. The Balaban J connectivity index is 1.41. The first kappa shape index (κ1) is 25.0. The van der Waals surface area contributed by atoms with Crippen LogP contribution < -0.4 is 9.47 Å². The molecule has 2 heterocycles. The van der Waals surface area contributed by atoms with Gasteiger partial charge >= 0.3 is 0 Å².